The molecule has 0 amide bonds. The number of aliphatic hydroxyl groups excluding tert-OH is 1. The fourth-order valence-electron chi connectivity index (χ4n) is 5.16. The van der Waals surface area contributed by atoms with E-state index in [1.54, 1.807) is 0 Å². The van der Waals surface area contributed by atoms with Gasteiger partial charge >= 0.3 is 23.9 Å². The van der Waals surface area contributed by atoms with Crippen LogP contribution >= 0.6 is 0 Å². The minimum atomic E-state index is -2.38. The molecule has 5 rings (SSSR count). The van der Waals surface area contributed by atoms with Gasteiger partial charge < -0.3 is 90.1 Å². The Kier molecular flexibility index (Phi) is 10.8. The van der Waals surface area contributed by atoms with E-state index in [2.05, 4.69) is 0 Å². The number of phenols is 12. The van der Waals surface area contributed by atoms with Crippen molar-refractivity contribution in [3.05, 3.63) is 70.8 Å². The summed E-state index contributed by atoms with van der Waals surface area (Å²) in [5.74, 6) is -18.6. The summed E-state index contributed by atoms with van der Waals surface area (Å²) in [5.41, 5.74) is -2.84. The van der Waals surface area contributed by atoms with Crippen molar-refractivity contribution in [1.29, 1.82) is 0 Å². The van der Waals surface area contributed by atoms with Gasteiger partial charge in [0, 0.05) is 0 Å². The summed E-state index contributed by atoms with van der Waals surface area (Å²) < 4.78 is 27.3. The van der Waals surface area contributed by atoms with E-state index in [0.29, 0.717) is 48.5 Å². The van der Waals surface area contributed by atoms with Crippen LogP contribution in [-0.2, 0) is 23.7 Å². The lowest BCUT2D eigenvalue weighted by Crippen LogP contribution is -2.63. The van der Waals surface area contributed by atoms with Crippen LogP contribution in [0.15, 0.2) is 48.5 Å². The van der Waals surface area contributed by atoms with E-state index >= 15 is 0 Å². The molecule has 296 valence electrons. The molecule has 1 heterocycles. The van der Waals surface area contributed by atoms with Crippen LogP contribution in [0.2, 0.25) is 0 Å². The number of aliphatic hydroxyl groups is 1. The van der Waals surface area contributed by atoms with Gasteiger partial charge in [0.05, 0.1) is 28.9 Å². The number of hydrogen-bond donors (Lipinski definition) is 13. The molecule has 5 atom stereocenters. The predicted octanol–water partition coefficient (Wildman–Crippen LogP) is 0.705. The van der Waals surface area contributed by atoms with Crippen molar-refractivity contribution in [2.45, 2.75) is 30.7 Å². The monoisotopic (exact) mass is 788 g/mol. The molecule has 1 aliphatic heterocycles. The Hall–Kier alpha value is -7.72. The van der Waals surface area contributed by atoms with E-state index in [1.165, 1.54) is 0 Å². The van der Waals surface area contributed by atoms with E-state index in [1.807, 2.05) is 0 Å². The minimum Gasteiger partial charge on any atom is -0.504 e. The molecule has 0 aliphatic carbocycles. The molecule has 0 unspecified atom stereocenters. The largest absolute Gasteiger partial charge is 0.504 e. The number of carbonyl (C=O) groups is 4. The highest BCUT2D eigenvalue weighted by Gasteiger charge is 2.54. The maximum absolute atomic E-state index is 13.6. The van der Waals surface area contributed by atoms with E-state index in [-0.39, 0.29) is 0 Å². The van der Waals surface area contributed by atoms with Crippen molar-refractivity contribution in [3.63, 3.8) is 0 Å². The molecule has 1 saturated heterocycles. The van der Waals surface area contributed by atoms with Crippen LogP contribution in [0.25, 0.3) is 0 Å². The molecule has 1 aliphatic rings. The highest BCUT2D eigenvalue weighted by Crippen LogP contribution is 2.40. The van der Waals surface area contributed by atoms with E-state index < -0.39 is 152 Å². The molecule has 22 heteroatoms. The molecule has 13 N–H and O–H groups in total. The number of rotatable bonds is 9. The van der Waals surface area contributed by atoms with Gasteiger partial charge in [0.2, 0.25) is 12.4 Å². The molecular formula is C34H28O22. The summed E-state index contributed by atoms with van der Waals surface area (Å²) in [6, 6.07) is 4.82. The zero-order valence-corrected chi connectivity index (χ0v) is 27.7. The van der Waals surface area contributed by atoms with E-state index in [0.717, 1.165) is 0 Å². The Balaban J connectivity index is 1.64. The van der Waals surface area contributed by atoms with Crippen molar-refractivity contribution in [2.75, 3.05) is 6.61 Å². The van der Waals surface area contributed by atoms with Crippen LogP contribution in [0.5, 0.6) is 69.0 Å². The molecule has 56 heavy (non-hydrogen) atoms. The molecular weight excluding hydrogens is 760 g/mol. The van der Waals surface area contributed by atoms with Crippen molar-refractivity contribution in [3.8, 4) is 69.0 Å². The number of esters is 4. The quantitative estimate of drug-likeness (QED) is 0.0630. The first kappa shape index (κ1) is 39.5. The number of hydrogen-bond acceptors (Lipinski definition) is 22. The zero-order valence-electron chi connectivity index (χ0n) is 27.7. The predicted molar refractivity (Wildman–Crippen MR) is 175 cm³/mol. The topological polar surface area (TPSA) is 377 Å². The summed E-state index contributed by atoms with van der Waals surface area (Å²) in [7, 11) is 0. The average Bonchev–Trinajstić information content (AvgIpc) is 3.14. The first-order valence-electron chi connectivity index (χ1n) is 15.4. The lowest BCUT2D eigenvalue weighted by Gasteiger charge is -2.43. The normalized spacial score (nSPS) is 19.1. The molecule has 4 aromatic carbocycles. The second-order valence-corrected chi connectivity index (χ2v) is 11.7. The Morgan fingerprint density at radius 3 is 0.946 bits per heavy atom. The Bertz CT molecular complexity index is 2140. The van der Waals surface area contributed by atoms with Gasteiger partial charge in [-0.3, -0.25) is 0 Å². The number of carbonyl (C=O) groups excluding carboxylic acids is 4. The standard InChI is InChI=1S/C34H28O22/c35-9-22-27(53-30(48)10-1-14(36)23(44)15(37)2-10)28(54-31(49)11-3-16(38)24(45)17(39)4-11)29(55-32(50)12-5-18(40)25(46)19(41)6-12)34(52-22)56-33(51)13-7-20(42)26(47)21(43)8-13/h1-8,22,27-29,34-47H,9H2/t22-,27-,28+,29-,34+/m1/s1. The van der Waals surface area contributed by atoms with Crippen LogP contribution < -0.4 is 0 Å². The first-order valence-corrected chi connectivity index (χ1v) is 15.4. The minimum absolute atomic E-state index is 0.588. The Morgan fingerprint density at radius 2 is 0.661 bits per heavy atom. The van der Waals surface area contributed by atoms with Crippen LogP contribution in [0.4, 0.5) is 0 Å². The molecule has 1 fully saturated rings. The molecule has 0 aromatic heterocycles. The molecule has 0 saturated carbocycles. The number of aromatic hydroxyl groups is 12. The SMILES string of the molecule is O=C(O[C@@H]1O[C@H](CO)[C@@H](OC(=O)c2cc(O)c(O)c(O)c2)[C@H](OC(=O)c2cc(O)c(O)c(O)c2)[C@H]1OC(=O)c1cc(O)c(O)c(O)c1)c1cc(O)c(O)c(O)c1. The zero-order chi connectivity index (χ0) is 41.3. The van der Waals surface area contributed by atoms with Gasteiger partial charge in [-0.2, -0.15) is 0 Å². The smallest absolute Gasteiger partial charge is 0.340 e. The van der Waals surface area contributed by atoms with Gasteiger partial charge in [0.15, 0.2) is 81.2 Å². The molecule has 0 radical (unpaired) electrons. The fraction of sp³-hybridized carbons (Fsp3) is 0.176. The molecule has 22 nitrogen and oxygen atoms in total. The second-order valence-electron chi connectivity index (χ2n) is 11.7. The summed E-state index contributed by atoms with van der Waals surface area (Å²) >= 11 is 0. The van der Waals surface area contributed by atoms with Gasteiger partial charge in [0.1, 0.15) is 6.10 Å². The van der Waals surface area contributed by atoms with Gasteiger partial charge in [-0.25, -0.2) is 19.2 Å². The summed E-state index contributed by atoms with van der Waals surface area (Å²) in [6.45, 7) is -1.20. The fourth-order valence-corrected chi connectivity index (χ4v) is 5.16. The number of ether oxygens (including phenoxy) is 5. The third kappa shape index (κ3) is 7.80. The van der Waals surface area contributed by atoms with Crippen LogP contribution in [-0.4, -0.2) is 128 Å². The number of phenolic OH excluding ortho intramolecular Hbond substituents is 12. The Labute approximate surface area is 310 Å². The van der Waals surface area contributed by atoms with Gasteiger partial charge in [-0.05, 0) is 48.5 Å². The van der Waals surface area contributed by atoms with Gasteiger partial charge in [-0.1, -0.05) is 0 Å². The van der Waals surface area contributed by atoms with E-state index in [4.69, 9.17) is 23.7 Å². The van der Waals surface area contributed by atoms with Gasteiger partial charge in [0.25, 0.3) is 0 Å². The highest BCUT2D eigenvalue weighted by molar-refractivity contribution is 5.94. The summed E-state index contributed by atoms with van der Waals surface area (Å²) in [6.07, 6.45) is -11.2. The first-order chi connectivity index (χ1) is 26.3. The molecule has 4 aromatic rings. The third-order valence-electron chi connectivity index (χ3n) is 7.95. The Morgan fingerprint density at radius 1 is 0.411 bits per heavy atom. The van der Waals surface area contributed by atoms with Crippen molar-refractivity contribution in [1.82, 2.24) is 0 Å². The van der Waals surface area contributed by atoms with Crippen molar-refractivity contribution < 1.29 is 109 Å². The average molecular weight is 789 g/mol. The van der Waals surface area contributed by atoms with Crippen LogP contribution in [0.1, 0.15) is 41.4 Å². The third-order valence-corrected chi connectivity index (χ3v) is 7.95. The maximum atomic E-state index is 13.6. The summed E-state index contributed by atoms with van der Waals surface area (Å²) in [5, 5.41) is 129. The summed E-state index contributed by atoms with van der Waals surface area (Å²) in [4.78, 5) is 53.7. The van der Waals surface area contributed by atoms with Gasteiger partial charge in [-0.15, -0.1) is 0 Å². The van der Waals surface area contributed by atoms with Crippen molar-refractivity contribution >= 4 is 23.9 Å². The van der Waals surface area contributed by atoms with Crippen molar-refractivity contribution in [2.24, 2.45) is 0 Å². The highest BCUT2D eigenvalue weighted by atomic mass is 16.7. The van der Waals surface area contributed by atoms with Crippen LogP contribution in [0, 0.1) is 0 Å². The maximum Gasteiger partial charge on any atom is 0.340 e. The second kappa shape index (κ2) is 15.3. The van der Waals surface area contributed by atoms with Crippen LogP contribution in [0.3, 0.4) is 0 Å². The number of benzene rings is 4. The lowest BCUT2D eigenvalue weighted by molar-refractivity contribution is -0.283. The molecule has 0 bridgehead atoms. The van der Waals surface area contributed by atoms with E-state index in [9.17, 15) is 85.6 Å². The lowest BCUT2D eigenvalue weighted by atomic mass is 9.97. The molecule has 0 spiro atoms.